The Hall–Kier alpha value is -1.31. The number of benzene rings is 1. The summed E-state index contributed by atoms with van der Waals surface area (Å²) in [6.45, 7) is 6.10. The summed E-state index contributed by atoms with van der Waals surface area (Å²) in [7, 11) is 0. The zero-order valence-electron chi connectivity index (χ0n) is 14.0. The van der Waals surface area contributed by atoms with Crippen LogP contribution in [0.4, 0.5) is 0 Å². The van der Waals surface area contributed by atoms with Crippen LogP contribution in [0.3, 0.4) is 0 Å². The summed E-state index contributed by atoms with van der Waals surface area (Å²) in [4.78, 5) is 11.8. The van der Waals surface area contributed by atoms with Gasteiger partial charge in [-0.3, -0.25) is 4.79 Å². The fourth-order valence-corrected chi connectivity index (χ4v) is 6.19. The molecule has 1 amide bonds. The molecular weight excluding hydrogens is 270 g/mol. The molecule has 0 aliphatic heterocycles. The van der Waals surface area contributed by atoms with Gasteiger partial charge in [-0.25, -0.2) is 0 Å². The van der Waals surface area contributed by atoms with Crippen molar-refractivity contribution in [3.05, 3.63) is 34.9 Å². The predicted molar refractivity (Wildman–Crippen MR) is 88.8 cm³/mol. The van der Waals surface area contributed by atoms with Gasteiger partial charge in [0.1, 0.15) is 0 Å². The second-order valence-corrected chi connectivity index (χ2v) is 8.50. The van der Waals surface area contributed by atoms with E-state index in [2.05, 4.69) is 37.4 Å². The van der Waals surface area contributed by atoms with Gasteiger partial charge < -0.3 is 5.32 Å². The van der Waals surface area contributed by atoms with E-state index >= 15 is 0 Å². The maximum absolute atomic E-state index is 11.8. The number of hydrogen-bond acceptors (Lipinski definition) is 1. The Labute approximate surface area is 133 Å². The van der Waals surface area contributed by atoms with Gasteiger partial charge in [-0.15, -0.1) is 0 Å². The summed E-state index contributed by atoms with van der Waals surface area (Å²) in [5, 5.41) is 3.37. The maximum atomic E-state index is 11.8. The summed E-state index contributed by atoms with van der Waals surface area (Å²) in [5.74, 6) is 1.75. The molecule has 0 radical (unpaired) electrons. The average molecular weight is 297 g/mol. The van der Waals surface area contributed by atoms with Crippen LogP contribution in [-0.4, -0.2) is 11.4 Å². The highest BCUT2D eigenvalue weighted by Gasteiger charge is 2.58. The van der Waals surface area contributed by atoms with Crippen molar-refractivity contribution < 1.29 is 4.79 Å². The van der Waals surface area contributed by atoms with Gasteiger partial charge in [-0.2, -0.15) is 0 Å². The van der Waals surface area contributed by atoms with E-state index in [-0.39, 0.29) is 11.4 Å². The van der Waals surface area contributed by atoms with Gasteiger partial charge in [0.25, 0.3) is 0 Å². The zero-order valence-corrected chi connectivity index (χ0v) is 14.0. The molecule has 2 nitrogen and oxygen atoms in total. The van der Waals surface area contributed by atoms with Crippen LogP contribution in [0.5, 0.6) is 0 Å². The minimum Gasteiger partial charge on any atom is -0.351 e. The third kappa shape index (κ3) is 2.11. The first-order valence-corrected chi connectivity index (χ1v) is 8.76. The third-order valence-corrected chi connectivity index (χ3v) is 6.62. The minimum absolute atomic E-state index is 0.0781. The van der Waals surface area contributed by atoms with Crippen LogP contribution in [0.25, 0.3) is 0 Å². The Bertz CT molecular complexity index is 619. The van der Waals surface area contributed by atoms with E-state index in [4.69, 9.17) is 0 Å². The highest BCUT2D eigenvalue weighted by molar-refractivity contribution is 5.74. The highest BCUT2D eigenvalue weighted by atomic mass is 16.1. The van der Waals surface area contributed by atoms with Gasteiger partial charge in [0.05, 0.1) is 0 Å². The van der Waals surface area contributed by atoms with Gasteiger partial charge in [0, 0.05) is 12.5 Å². The molecule has 5 rings (SSSR count). The number of rotatable bonds is 2. The number of nitrogens with one attached hydrogen (secondary N) is 1. The van der Waals surface area contributed by atoms with Crippen molar-refractivity contribution in [2.75, 3.05) is 0 Å². The summed E-state index contributed by atoms with van der Waals surface area (Å²) in [6.07, 6.45) is 7.59. The smallest absolute Gasteiger partial charge is 0.217 e. The normalized spacial score (nSPS) is 39.0. The van der Waals surface area contributed by atoms with Crippen molar-refractivity contribution in [2.24, 2.45) is 11.8 Å². The first-order valence-electron chi connectivity index (χ1n) is 8.76. The van der Waals surface area contributed by atoms with Crippen molar-refractivity contribution >= 4 is 5.91 Å². The molecule has 1 aromatic rings. The van der Waals surface area contributed by atoms with Crippen molar-refractivity contribution in [1.29, 1.82) is 0 Å². The van der Waals surface area contributed by atoms with Gasteiger partial charge >= 0.3 is 0 Å². The van der Waals surface area contributed by atoms with Crippen LogP contribution in [0.15, 0.2) is 18.2 Å². The van der Waals surface area contributed by atoms with Crippen LogP contribution >= 0.6 is 0 Å². The quantitative estimate of drug-likeness (QED) is 0.877. The van der Waals surface area contributed by atoms with Crippen LogP contribution < -0.4 is 5.32 Å². The molecule has 0 spiro atoms. The summed E-state index contributed by atoms with van der Waals surface area (Å²) in [6, 6.07) is 7.06. The van der Waals surface area contributed by atoms with E-state index in [1.807, 2.05) is 0 Å². The highest BCUT2D eigenvalue weighted by Crippen LogP contribution is 2.62. The number of amides is 1. The Kier molecular flexibility index (Phi) is 2.99. The fourth-order valence-electron chi connectivity index (χ4n) is 6.19. The predicted octanol–water partition coefficient (Wildman–Crippen LogP) is 4.03. The molecule has 4 aliphatic rings. The van der Waals surface area contributed by atoms with Crippen LogP contribution in [0.2, 0.25) is 0 Å². The van der Waals surface area contributed by atoms with Crippen molar-refractivity contribution in [2.45, 2.75) is 70.3 Å². The van der Waals surface area contributed by atoms with Crippen molar-refractivity contribution in [3.8, 4) is 0 Å². The van der Waals surface area contributed by atoms with Crippen LogP contribution in [0, 0.1) is 25.7 Å². The monoisotopic (exact) mass is 297 g/mol. The second kappa shape index (κ2) is 4.59. The SMILES string of the molecule is CC(=O)NC12C[C@H]3C[C@@H](C1)CC(c1ccc(C)c(C)c1)(C3)C2. The number of carbonyl (C=O) groups excluding carboxylic acids is 1. The summed E-state index contributed by atoms with van der Waals surface area (Å²) >= 11 is 0. The van der Waals surface area contributed by atoms with Crippen molar-refractivity contribution in [1.82, 2.24) is 5.32 Å². The first-order chi connectivity index (χ1) is 10.4. The topological polar surface area (TPSA) is 29.1 Å². The molecule has 0 aromatic heterocycles. The molecule has 4 atom stereocenters. The molecule has 118 valence electrons. The first kappa shape index (κ1) is 14.3. The van der Waals surface area contributed by atoms with Gasteiger partial charge in [0.15, 0.2) is 0 Å². The molecule has 1 N–H and O–H groups in total. The Morgan fingerprint density at radius 1 is 1.09 bits per heavy atom. The maximum Gasteiger partial charge on any atom is 0.217 e. The molecule has 22 heavy (non-hydrogen) atoms. The fraction of sp³-hybridized carbons (Fsp3) is 0.650. The second-order valence-electron chi connectivity index (χ2n) is 8.50. The summed E-state index contributed by atoms with van der Waals surface area (Å²) < 4.78 is 0. The minimum atomic E-state index is 0.0781. The molecule has 4 saturated carbocycles. The van der Waals surface area contributed by atoms with Crippen LogP contribution in [-0.2, 0) is 10.2 Å². The van der Waals surface area contributed by atoms with Gasteiger partial charge in [-0.05, 0) is 86.3 Å². The lowest BCUT2D eigenvalue weighted by Gasteiger charge is -2.62. The van der Waals surface area contributed by atoms with Gasteiger partial charge in [0.2, 0.25) is 5.91 Å². The lowest BCUT2D eigenvalue weighted by Crippen LogP contribution is -2.64. The Balaban J connectivity index is 1.75. The van der Waals surface area contributed by atoms with Gasteiger partial charge in [-0.1, -0.05) is 18.2 Å². The van der Waals surface area contributed by atoms with E-state index in [9.17, 15) is 4.79 Å². The number of hydrogen-bond donors (Lipinski definition) is 1. The molecular formula is C20H27NO. The number of aryl methyl sites for hydroxylation is 2. The zero-order chi connectivity index (χ0) is 15.5. The molecule has 4 aliphatic carbocycles. The van der Waals surface area contributed by atoms with Crippen LogP contribution in [0.1, 0.15) is 62.1 Å². The van der Waals surface area contributed by atoms with E-state index in [0.717, 1.165) is 18.3 Å². The van der Waals surface area contributed by atoms with Crippen molar-refractivity contribution in [3.63, 3.8) is 0 Å². The largest absolute Gasteiger partial charge is 0.351 e. The van der Waals surface area contributed by atoms with E-state index in [0.29, 0.717) is 5.41 Å². The number of carbonyl (C=O) groups is 1. The molecule has 1 aromatic carbocycles. The van der Waals surface area contributed by atoms with E-state index in [1.54, 1.807) is 6.92 Å². The molecule has 0 saturated heterocycles. The standard InChI is InChI=1S/C20H27NO/c1-13-4-5-18(6-14(13)2)19-8-16-7-17(9-19)11-20(10-16,12-19)21-15(3)22/h4-6,16-17H,7-12H2,1-3H3,(H,21,22)/t16-,17+,19?,20?. The lowest BCUT2D eigenvalue weighted by molar-refractivity contribution is -0.125. The lowest BCUT2D eigenvalue weighted by atomic mass is 9.45. The molecule has 4 bridgehead atoms. The van der Waals surface area contributed by atoms with E-state index in [1.165, 1.54) is 48.8 Å². The Morgan fingerprint density at radius 3 is 2.36 bits per heavy atom. The molecule has 0 heterocycles. The summed E-state index contributed by atoms with van der Waals surface area (Å²) in [5.41, 5.74) is 4.70. The molecule has 4 fully saturated rings. The molecule has 2 unspecified atom stereocenters. The third-order valence-electron chi connectivity index (χ3n) is 6.62. The average Bonchev–Trinajstić information content (AvgIpc) is 2.38. The Morgan fingerprint density at radius 2 is 1.77 bits per heavy atom. The molecule has 2 heteroatoms. The van der Waals surface area contributed by atoms with E-state index < -0.39 is 0 Å².